The number of fused-ring (bicyclic) bond motifs is 1. The Kier molecular flexibility index (Phi) is 5.71. The number of rotatable bonds is 7. The zero-order chi connectivity index (χ0) is 19.4. The van der Waals surface area contributed by atoms with Gasteiger partial charge in [-0.05, 0) is 18.1 Å². The van der Waals surface area contributed by atoms with E-state index >= 15 is 0 Å². The van der Waals surface area contributed by atoms with E-state index in [9.17, 15) is 24.0 Å². The minimum atomic E-state index is -1.40. The number of nitrogens with one attached hydrogen (secondary N) is 1. The van der Waals surface area contributed by atoms with E-state index < -0.39 is 42.1 Å². The van der Waals surface area contributed by atoms with Crippen LogP contribution in [0.5, 0.6) is 0 Å². The number of amides is 4. The van der Waals surface area contributed by atoms with Crippen molar-refractivity contribution in [2.24, 2.45) is 11.7 Å². The molecule has 0 radical (unpaired) electrons. The average molecular weight is 361 g/mol. The van der Waals surface area contributed by atoms with Gasteiger partial charge in [0, 0.05) is 6.42 Å². The van der Waals surface area contributed by atoms with Crippen molar-refractivity contribution < 1.29 is 28.8 Å². The van der Waals surface area contributed by atoms with E-state index in [0.29, 0.717) is 5.06 Å². The molecule has 1 aliphatic rings. The van der Waals surface area contributed by atoms with Crippen LogP contribution < -0.4 is 11.1 Å². The summed E-state index contributed by atoms with van der Waals surface area (Å²) >= 11 is 0. The third kappa shape index (κ3) is 4.24. The minimum absolute atomic E-state index is 0.0245. The van der Waals surface area contributed by atoms with E-state index in [-0.39, 0.29) is 23.5 Å². The second-order valence-corrected chi connectivity index (χ2v) is 6.25. The summed E-state index contributed by atoms with van der Waals surface area (Å²) in [4.78, 5) is 64.6. The van der Waals surface area contributed by atoms with Gasteiger partial charge in [0.15, 0.2) is 0 Å². The van der Waals surface area contributed by atoms with Crippen molar-refractivity contribution in [2.75, 3.05) is 0 Å². The summed E-state index contributed by atoms with van der Waals surface area (Å²) in [5.74, 6) is -4.04. The Bertz CT molecular complexity index is 739. The van der Waals surface area contributed by atoms with Crippen molar-refractivity contribution in [2.45, 2.75) is 32.7 Å². The summed E-state index contributed by atoms with van der Waals surface area (Å²) in [5.41, 5.74) is 5.29. The Morgan fingerprint density at radius 2 is 1.62 bits per heavy atom. The number of benzene rings is 1. The van der Waals surface area contributed by atoms with E-state index in [1.54, 1.807) is 26.0 Å². The zero-order valence-corrected chi connectivity index (χ0v) is 14.4. The Morgan fingerprint density at radius 3 is 2.08 bits per heavy atom. The molecular formula is C17H19N3O6. The molecule has 0 fully saturated rings. The molecule has 1 aromatic carbocycles. The van der Waals surface area contributed by atoms with Crippen LogP contribution in [0.2, 0.25) is 0 Å². The molecule has 0 aliphatic carbocycles. The molecule has 1 unspecified atom stereocenters. The molecule has 0 saturated heterocycles. The summed E-state index contributed by atoms with van der Waals surface area (Å²) in [6.07, 6.45) is -0.401. The van der Waals surface area contributed by atoms with Crippen LogP contribution in [0.15, 0.2) is 24.3 Å². The van der Waals surface area contributed by atoms with Crippen molar-refractivity contribution in [3.8, 4) is 0 Å². The predicted molar refractivity (Wildman–Crippen MR) is 88.2 cm³/mol. The molecule has 0 aromatic heterocycles. The fourth-order valence-corrected chi connectivity index (χ4v) is 2.42. The maximum atomic E-state index is 12.3. The van der Waals surface area contributed by atoms with Crippen molar-refractivity contribution in [1.29, 1.82) is 0 Å². The quantitative estimate of drug-likeness (QED) is 0.663. The van der Waals surface area contributed by atoms with E-state index in [1.165, 1.54) is 12.1 Å². The van der Waals surface area contributed by atoms with Crippen LogP contribution in [0.25, 0.3) is 0 Å². The smallest absolute Gasteiger partial charge is 0.355 e. The van der Waals surface area contributed by atoms with Gasteiger partial charge in [0.25, 0.3) is 11.8 Å². The van der Waals surface area contributed by atoms with Gasteiger partial charge < -0.3 is 15.9 Å². The molecule has 2 rings (SSSR count). The SMILES string of the molecule is CC(C)CC(=O)NC(CC(N)=O)C(=O)ON1C(=O)c2ccccc2C1=O. The van der Waals surface area contributed by atoms with Crippen molar-refractivity contribution in [3.05, 3.63) is 35.4 Å². The summed E-state index contributed by atoms with van der Waals surface area (Å²) in [6.45, 7) is 3.61. The van der Waals surface area contributed by atoms with Gasteiger partial charge in [0.05, 0.1) is 17.5 Å². The molecule has 1 aliphatic heterocycles. The summed E-state index contributed by atoms with van der Waals surface area (Å²) < 4.78 is 0. The molecule has 0 bridgehead atoms. The maximum absolute atomic E-state index is 12.3. The molecule has 4 amide bonds. The maximum Gasteiger partial charge on any atom is 0.355 e. The van der Waals surface area contributed by atoms with Crippen molar-refractivity contribution >= 4 is 29.6 Å². The number of hydrogen-bond donors (Lipinski definition) is 2. The molecule has 9 nitrogen and oxygen atoms in total. The molecule has 0 saturated carbocycles. The monoisotopic (exact) mass is 361 g/mol. The number of hydroxylamine groups is 2. The van der Waals surface area contributed by atoms with Crippen LogP contribution in [-0.2, 0) is 19.2 Å². The second-order valence-electron chi connectivity index (χ2n) is 6.25. The number of nitrogens with two attached hydrogens (primary N) is 1. The van der Waals surface area contributed by atoms with Crippen LogP contribution in [0, 0.1) is 5.92 Å². The van der Waals surface area contributed by atoms with E-state index in [2.05, 4.69) is 5.32 Å². The molecule has 1 aromatic rings. The van der Waals surface area contributed by atoms with Crippen molar-refractivity contribution in [3.63, 3.8) is 0 Å². The largest absolute Gasteiger partial charge is 0.370 e. The number of imide groups is 1. The molecule has 1 heterocycles. The van der Waals surface area contributed by atoms with E-state index in [4.69, 9.17) is 10.6 Å². The fraction of sp³-hybridized carbons (Fsp3) is 0.353. The molecule has 9 heteroatoms. The van der Waals surface area contributed by atoms with Gasteiger partial charge >= 0.3 is 5.97 Å². The van der Waals surface area contributed by atoms with Crippen LogP contribution >= 0.6 is 0 Å². The Morgan fingerprint density at radius 1 is 1.08 bits per heavy atom. The molecule has 1 atom stereocenters. The lowest BCUT2D eigenvalue weighted by Gasteiger charge is -2.19. The first-order chi connectivity index (χ1) is 12.2. The lowest BCUT2D eigenvalue weighted by Crippen LogP contribution is -2.47. The van der Waals surface area contributed by atoms with Gasteiger partial charge in [-0.15, -0.1) is 0 Å². The average Bonchev–Trinajstić information content (AvgIpc) is 2.78. The molecule has 138 valence electrons. The highest BCUT2D eigenvalue weighted by molar-refractivity contribution is 6.21. The van der Waals surface area contributed by atoms with Crippen molar-refractivity contribution in [1.82, 2.24) is 10.4 Å². The molecule has 0 spiro atoms. The Labute approximate surface area is 149 Å². The normalized spacial score (nSPS) is 14.2. The number of nitrogens with zero attached hydrogens (tertiary/aromatic N) is 1. The Hall–Kier alpha value is -3.23. The summed E-state index contributed by atoms with van der Waals surface area (Å²) in [7, 11) is 0. The summed E-state index contributed by atoms with van der Waals surface area (Å²) in [5, 5.41) is 2.66. The standard InChI is InChI=1S/C17H19N3O6/c1-9(2)7-14(22)19-12(8-13(18)21)17(25)26-20-15(23)10-5-3-4-6-11(10)16(20)24/h3-6,9,12H,7-8H2,1-2H3,(H2,18,21)(H,19,22). The number of hydrogen-bond acceptors (Lipinski definition) is 6. The summed E-state index contributed by atoms with van der Waals surface area (Å²) in [6, 6.07) is 4.58. The number of carbonyl (C=O) groups excluding carboxylic acids is 5. The Balaban J connectivity index is 2.12. The first-order valence-electron chi connectivity index (χ1n) is 7.98. The molecular weight excluding hydrogens is 342 g/mol. The third-order valence-electron chi connectivity index (χ3n) is 3.56. The van der Waals surface area contributed by atoms with Crippen LogP contribution in [0.3, 0.4) is 0 Å². The first kappa shape index (κ1) is 19.1. The van der Waals surface area contributed by atoms with E-state index in [1.807, 2.05) is 0 Å². The number of carbonyl (C=O) groups is 5. The van der Waals surface area contributed by atoms with Gasteiger partial charge in [-0.25, -0.2) is 4.79 Å². The first-order valence-corrected chi connectivity index (χ1v) is 7.98. The van der Waals surface area contributed by atoms with Crippen LogP contribution in [-0.4, -0.2) is 40.7 Å². The van der Waals surface area contributed by atoms with Gasteiger partial charge in [-0.3, -0.25) is 19.2 Å². The lowest BCUT2D eigenvalue weighted by molar-refractivity contribution is -0.172. The van der Waals surface area contributed by atoms with Gasteiger partial charge in [-0.2, -0.15) is 0 Å². The predicted octanol–water partition coefficient (Wildman–Crippen LogP) is 0.147. The minimum Gasteiger partial charge on any atom is -0.370 e. The second kappa shape index (κ2) is 7.77. The zero-order valence-electron chi connectivity index (χ0n) is 14.4. The highest BCUT2D eigenvalue weighted by atomic mass is 16.7. The number of primary amides is 1. The van der Waals surface area contributed by atoms with Crippen LogP contribution in [0.1, 0.15) is 47.4 Å². The molecule has 26 heavy (non-hydrogen) atoms. The highest BCUT2D eigenvalue weighted by Gasteiger charge is 2.40. The highest BCUT2D eigenvalue weighted by Crippen LogP contribution is 2.23. The van der Waals surface area contributed by atoms with Crippen LogP contribution in [0.4, 0.5) is 0 Å². The van der Waals surface area contributed by atoms with Gasteiger partial charge in [0.2, 0.25) is 11.8 Å². The molecule has 3 N–H and O–H groups in total. The lowest BCUT2D eigenvalue weighted by atomic mass is 10.1. The van der Waals surface area contributed by atoms with Gasteiger partial charge in [0.1, 0.15) is 6.04 Å². The fourth-order valence-electron chi connectivity index (χ4n) is 2.42. The van der Waals surface area contributed by atoms with E-state index in [0.717, 1.165) is 0 Å². The van der Waals surface area contributed by atoms with Gasteiger partial charge in [-0.1, -0.05) is 31.0 Å². The third-order valence-corrected chi connectivity index (χ3v) is 3.56. The topological polar surface area (TPSA) is 136 Å².